The maximum atomic E-state index is 6.88. The third kappa shape index (κ3) is 4.11. The van der Waals surface area contributed by atoms with Gasteiger partial charge in [0.2, 0.25) is 5.96 Å². The quantitative estimate of drug-likeness (QED) is 0.814. The predicted molar refractivity (Wildman–Crippen MR) is 122 cm³/mol. The van der Waals surface area contributed by atoms with E-state index in [1.807, 2.05) is 43.4 Å². The van der Waals surface area contributed by atoms with Crippen LogP contribution in [0.3, 0.4) is 0 Å². The largest absolute Gasteiger partial charge is 0.364 e. The first-order valence-corrected chi connectivity index (χ1v) is 10.4. The number of guanidine groups is 1. The second-order valence-electron chi connectivity index (χ2n) is 8.35. The van der Waals surface area contributed by atoms with Crippen LogP contribution in [-0.4, -0.2) is 61.0 Å². The summed E-state index contributed by atoms with van der Waals surface area (Å²) in [5.41, 5.74) is 9.36. The van der Waals surface area contributed by atoms with Gasteiger partial charge in [0.25, 0.3) is 0 Å². The molecule has 2 aromatic rings. The van der Waals surface area contributed by atoms with Gasteiger partial charge < -0.3 is 20.0 Å². The molecule has 7 heteroatoms. The van der Waals surface area contributed by atoms with E-state index in [4.69, 9.17) is 10.7 Å². The van der Waals surface area contributed by atoms with Crippen molar-refractivity contribution < 1.29 is 0 Å². The third-order valence-electron chi connectivity index (χ3n) is 5.61. The van der Waals surface area contributed by atoms with Gasteiger partial charge in [-0.05, 0) is 31.5 Å². The zero-order valence-electron chi connectivity index (χ0n) is 18.3. The van der Waals surface area contributed by atoms with Crippen molar-refractivity contribution in [1.29, 1.82) is 0 Å². The Labute approximate surface area is 178 Å². The molecule has 3 heterocycles. The van der Waals surface area contributed by atoms with E-state index < -0.39 is 5.66 Å². The Balaban J connectivity index is 1.60. The van der Waals surface area contributed by atoms with Gasteiger partial charge in [-0.2, -0.15) is 0 Å². The van der Waals surface area contributed by atoms with Crippen molar-refractivity contribution in [3.63, 3.8) is 0 Å². The van der Waals surface area contributed by atoms with Crippen LogP contribution in [0.2, 0.25) is 0 Å². The monoisotopic (exact) mass is 405 g/mol. The maximum absolute atomic E-state index is 6.88. The standard InChI is InChI=1S/C23H31N7/c1-17-13-18(2)15-19(14-17)23(24)16-21(28(3)4)26-22(27-23)30-11-9-29(10-12-30)20-7-5-6-8-25-20/h5-8,13-16H,9-12,24H2,1-4H3,(H,26,27). The molecule has 0 spiro atoms. The number of aromatic nitrogens is 1. The lowest BCUT2D eigenvalue weighted by Crippen LogP contribution is -2.56. The van der Waals surface area contributed by atoms with E-state index in [9.17, 15) is 0 Å². The molecular weight excluding hydrogens is 374 g/mol. The fourth-order valence-electron chi connectivity index (χ4n) is 4.03. The van der Waals surface area contributed by atoms with Crippen LogP contribution in [0.15, 0.2) is 59.5 Å². The van der Waals surface area contributed by atoms with Crippen molar-refractivity contribution in [2.45, 2.75) is 19.5 Å². The van der Waals surface area contributed by atoms with Gasteiger partial charge in [-0.25, -0.2) is 9.98 Å². The number of hydrogen-bond donors (Lipinski definition) is 2. The summed E-state index contributed by atoms with van der Waals surface area (Å²) in [7, 11) is 4.03. The highest BCUT2D eigenvalue weighted by Gasteiger charge is 2.33. The summed E-state index contributed by atoms with van der Waals surface area (Å²) in [5.74, 6) is 2.80. The first kappa shape index (κ1) is 20.2. The predicted octanol–water partition coefficient (Wildman–Crippen LogP) is 1.99. The highest BCUT2D eigenvalue weighted by atomic mass is 15.4. The second kappa shape index (κ2) is 7.99. The zero-order chi connectivity index (χ0) is 21.3. The Morgan fingerprint density at radius 1 is 1.00 bits per heavy atom. The number of hydrogen-bond acceptors (Lipinski definition) is 7. The lowest BCUT2D eigenvalue weighted by molar-refractivity contribution is 0.352. The van der Waals surface area contributed by atoms with E-state index in [0.717, 1.165) is 49.3 Å². The minimum atomic E-state index is -0.908. The molecule has 0 aliphatic carbocycles. The van der Waals surface area contributed by atoms with Crippen LogP contribution in [0.4, 0.5) is 5.82 Å². The van der Waals surface area contributed by atoms with Crippen LogP contribution in [-0.2, 0) is 5.66 Å². The molecule has 7 nitrogen and oxygen atoms in total. The first-order valence-electron chi connectivity index (χ1n) is 10.4. The summed E-state index contributed by atoms with van der Waals surface area (Å²) in [6.07, 6.45) is 3.85. The smallest absolute Gasteiger partial charge is 0.202 e. The molecule has 0 saturated carbocycles. The molecule has 4 rings (SSSR count). The fraction of sp³-hybridized carbons (Fsp3) is 0.391. The molecule has 1 aromatic carbocycles. The normalized spacial score (nSPS) is 21.6. The molecule has 2 aliphatic rings. The Morgan fingerprint density at radius 3 is 2.27 bits per heavy atom. The van der Waals surface area contributed by atoms with Gasteiger partial charge in [-0.15, -0.1) is 0 Å². The minimum absolute atomic E-state index is 0.823. The van der Waals surface area contributed by atoms with Crippen molar-refractivity contribution in [1.82, 2.24) is 20.1 Å². The first-order chi connectivity index (χ1) is 14.3. The second-order valence-corrected chi connectivity index (χ2v) is 8.35. The topological polar surface area (TPSA) is 73.0 Å². The summed E-state index contributed by atoms with van der Waals surface area (Å²) >= 11 is 0. The van der Waals surface area contributed by atoms with Crippen LogP contribution in [0, 0.1) is 13.8 Å². The van der Waals surface area contributed by atoms with Crippen LogP contribution >= 0.6 is 0 Å². The minimum Gasteiger partial charge on any atom is -0.364 e. The molecule has 30 heavy (non-hydrogen) atoms. The SMILES string of the molecule is Cc1cc(C)cc(C2(N)C=C(N(C)C)NC(N3CCN(c4ccccn4)CC3)=N2)c1. The van der Waals surface area contributed by atoms with E-state index in [-0.39, 0.29) is 0 Å². The molecule has 158 valence electrons. The van der Waals surface area contributed by atoms with Crippen molar-refractivity contribution >= 4 is 11.8 Å². The van der Waals surface area contributed by atoms with Crippen LogP contribution < -0.4 is 16.0 Å². The van der Waals surface area contributed by atoms with Crippen LogP contribution in [0.5, 0.6) is 0 Å². The van der Waals surface area contributed by atoms with E-state index in [1.165, 1.54) is 11.1 Å². The van der Waals surface area contributed by atoms with Gasteiger partial charge in [0.05, 0.1) is 0 Å². The summed E-state index contributed by atoms with van der Waals surface area (Å²) in [5, 5.41) is 3.48. The van der Waals surface area contributed by atoms with Crippen molar-refractivity contribution in [2.24, 2.45) is 10.7 Å². The molecule has 0 radical (unpaired) electrons. The van der Waals surface area contributed by atoms with Gasteiger partial charge in [0.15, 0.2) is 5.66 Å². The molecule has 1 saturated heterocycles. The number of benzene rings is 1. The van der Waals surface area contributed by atoms with Gasteiger partial charge in [-0.3, -0.25) is 5.73 Å². The lowest BCUT2D eigenvalue weighted by Gasteiger charge is -2.41. The number of nitrogens with zero attached hydrogens (tertiary/aromatic N) is 5. The summed E-state index contributed by atoms with van der Waals surface area (Å²) in [4.78, 5) is 16.1. The molecule has 1 fully saturated rings. The Kier molecular flexibility index (Phi) is 5.39. The van der Waals surface area contributed by atoms with Crippen LogP contribution in [0.1, 0.15) is 16.7 Å². The Hall–Kier alpha value is -3.06. The van der Waals surface area contributed by atoms with Gasteiger partial charge in [0, 0.05) is 52.5 Å². The highest BCUT2D eigenvalue weighted by Crippen LogP contribution is 2.28. The van der Waals surface area contributed by atoms with Crippen molar-refractivity contribution in [3.8, 4) is 0 Å². The fourth-order valence-corrected chi connectivity index (χ4v) is 4.03. The molecule has 1 atom stereocenters. The van der Waals surface area contributed by atoms with E-state index in [0.29, 0.717) is 0 Å². The van der Waals surface area contributed by atoms with Gasteiger partial charge in [0.1, 0.15) is 11.6 Å². The molecular formula is C23H31N7. The number of aliphatic imine (C=N–C) groups is 1. The number of nitrogens with one attached hydrogen (secondary N) is 1. The zero-order valence-corrected chi connectivity index (χ0v) is 18.3. The molecule has 3 N–H and O–H groups in total. The maximum Gasteiger partial charge on any atom is 0.202 e. The van der Waals surface area contributed by atoms with Gasteiger partial charge >= 0.3 is 0 Å². The number of piperazine rings is 1. The van der Waals surface area contributed by atoms with Gasteiger partial charge in [-0.1, -0.05) is 35.4 Å². The molecule has 2 aliphatic heterocycles. The number of aryl methyl sites for hydroxylation is 2. The van der Waals surface area contributed by atoms with E-state index in [1.54, 1.807) is 0 Å². The number of nitrogens with two attached hydrogens (primary N) is 1. The Morgan fingerprint density at radius 2 is 1.67 bits per heavy atom. The highest BCUT2D eigenvalue weighted by molar-refractivity contribution is 5.83. The Bertz CT molecular complexity index is 939. The summed E-state index contributed by atoms with van der Waals surface area (Å²) < 4.78 is 0. The number of pyridine rings is 1. The average molecular weight is 406 g/mol. The molecule has 0 bridgehead atoms. The third-order valence-corrected chi connectivity index (χ3v) is 5.61. The van der Waals surface area contributed by atoms with Crippen LogP contribution in [0.25, 0.3) is 0 Å². The van der Waals surface area contributed by atoms with Crippen molar-refractivity contribution in [3.05, 3.63) is 71.2 Å². The van der Waals surface area contributed by atoms with E-state index in [2.05, 4.69) is 58.2 Å². The van der Waals surface area contributed by atoms with Crippen molar-refractivity contribution in [2.75, 3.05) is 45.2 Å². The molecule has 0 amide bonds. The molecule has 1 unspecified atom stereocenters. The molecule has 1 aromatic heterocycles. The lowest BCUT2D eigenvalue weighted by atomic mass is 9.95. The van der Waals surface area contributed by atoms with E-state index >= 15 is 0 Å². The summed E-state index contributed by atoms with van der Waals surface area (Å²) in [6.45, 7) is 7.68. The number of anilines is 1. The number of rotatable bonds is 3. The average Bonchev–Trinajstić information content (AvgIpc) is 2.73. The summed E-state index contributed by atoms with van der Waals surface area (Å²) in [6, 6.07) is 12.5.